The molecule has 98 valence electrons. The Morgan fingerprint density at radius 1 is 1.22 bits per heavy atom. The maximum absolute atomic E-state index is 11.9. The highest BCUT2D eigenvalue weighted by atomic mass is 32.2. The predicted octanol–water partition coefficient (Wildman–Crippen LogP) is 1.82. The van der Waals surface area contributed by atoms with Crippen LogP contribution in [-0.4, -0.2) is 20.1 Å². The van der Waals surface area contributed by atoms with Crippen molar-refractivity contribution < 1.29 is 13.5 Å². The van der Waals surface area contributed by atoms with Crippen molar-refractivity contribution >= 4 is 32.7 Å². The molecule has 2 heterocycles. The molecular formula is C11H13NO3S3. The minimum Gasteiger partial charge on any atom is -0.391 e. The third-order valence-corrected chi connectivity index (χ3v) is 6.26. The highest BCUT2D eigenvalue weighted by Gasteiger charge is 2.15. The molecule has 0 fully saturated rings. The molecule has 0 aliphatic carbocycles. The van der Waals surface area contributed by atoms with Gasteiger partial charge in [-0.15, -0.1) is 22.7 Å². The maximum atomic E-state index is 11.9. The van der Waals surface area contributed by atoms with Gasteiger partial charge in [-0.2, -0.15) is 0 Å². The van der Waals surface area contributed by atoms with Crippen molar-refractivity contribution in [3.8, 4) is 0 Å². The van der Waals surface area contributed by atoms with E-state index in [0.29, 0.717) is 17.8 Å². The number of sulfonamides is 1. The van der Waals surface area contributed by atoms with E-state index in [9.17, 15) is 8.42 Å². The van der Waals surface area contributed by atoms with E-state index < -0.39 is 10.0 Å². The van der Waals surface area contributed by atoms with Crippen molar-refractivity contribution in [1.82, 2.24) is 4.72 Å². The highest BCUT2D eigenvalue weighted by molar-refractivity contribution is 7.91. The number of aliphatic hydroxyl groups is 1. The first-order valence-corrected chi connectivity index (χ1v) is 8.51. The summed E-state index contributed by atoms with van der Waals surface area (Å²) in [5.74, 6) is 0. The van der Waals surface area contributed by atoms with Crippen LogP contribution in [0.3, 0.4) is 0 Å². The zero-order valence-electron chi connectivity index (χ0n) is 9.50. The number of thiophene rings is 2. The summed E-state index contributed by atoms with van der Waals surface area (Å²) in [5, 5.41) is 10.9. The number of hydrogen-bond donors (Lipinski definition) is 2. The van der Waals surface area contributed by atoms with Gasteiger partial charge in [0.15, 0.2) is 0 Å². The molecule has 2 N–H and O–H groups in total. The van der Waals surface area contributed by atoms with Crippen LogP contribution in [0, 0.1) is 0 Å². The molecule has 0 aromatic carbocycles. The predicted molar refractivity (Wildman–Crippen MR) is 73.5 cm³/mol. The Hall–Kier alpha value is -0.730. The summed E-state index contributed by atoms with van der Waals surface area (Å²) in [6.07, 6.45) is 0.690. The number of nitrogens with one attached hydrogen (secondary N) is 1. The second-order valence-electron chi connectivity index (χ2n) is 3.61. The number of hydrogen-bond acceptors (Lipinski definition) is 5. The lowest BCUT2D eigenvalue weighted by Crippen LogP contribution is -2.25. The summed E-state index contributed by atoms with van der Waals surface area (Å²) >= 11 is 2.70. The zero-order chi connectivity index (χ0) is 13.0. The van der Waals surface area contributed by atoms with E-state index in [4.69, 9.17) is 5.11 Å². The molecule has 0 aliphatic rings. The minimum absolute atomic E-state index is 0.130. The molecule has 0 bridgehead atoms. The van der Waals surface area contributed by atoms with Crippen LogP contribution in [-0.2, 0) is 23.1 Å². The molecule has 4 nitrogen and oxygen atoms in total. The third kappa shape index (κ3) is 3.39. The molecule has 7 heteroatoms. The van der Waals surface area contributed by atoms with Gasteiger partial charge in [0.05, 0.1) is 6.61 Å². The Morgan fingerprint density at radius 2 is 2.06 bits per heavy atom. The number of rotatable bonds is 6. The molecule has 0 aliphatic heterocycles. The van der Waals surface area contributed by atoms with Crippen molar-refractivity contribution in [2.24, 2.45) is 0 Å². The molecule has 0 radical (unpaired) electrons. The van der Waals surface area contributed by atoms with Crippen LogP contribution in [0.4, 0.5) is 0 Å². The lowest BCUT2D eigenvalue weighted by molar-refractivity contribution is 0.285. The largest absolute Gasteiger partial charge is 0.391 e. The molecule has 0 atom stereocenters. The monoisotopic (exact) mass is 303 g/mol. The summed E-state index contributed by atoms with van der Waals surface area (Å²) < 4.78 is 26.6. The summed E-state index contributed by atoms with van der Waals surface area (Å²) in [5.41, 5.74) is 0. The quantitative estimate of drug-likeness (QED) is 0.855. The van der Waals surface area contributed by atoms with E-state index in [1.807, 2.05) is 17.5 Å². The molecule has 0 amide bonds. The average Bonchev–Trinajstić information content (AvgIpc) is 2.99. The number of aliphatic hydroxyl groups excluding tert-OH is 1. The summed E-state index contributed by atoms with van der Waals surface area (Å²) in [7, 11) is -3.44. The van der Waals surface area contributed by atoms with Crippen molar-refractivity contribution in [3.05, 3.63) is 39.4 Å². The van der Waals surface area contributed by atoms with Crippen molar-refractivity contribution in [2.45, 2.75) is 17.2 Å². The molecule has 0 saturated carbocycles. The lowest BCUT2D eigenvalue weighted by atomic mass is 10.3. The van der Waals surface area contributed by atoms with Crippen LogP contribution in [0.25, 0.3) is 0 Å². The first-order valence-electron chi connectivity index (χ1n) is 5.33. The molecule has 2 aromatic heterocycles. The Morgan fingerprint density at radius 3 is 2.67 bits per heavy atom. The van der Waals surface area contributed by atoms with Gasteiger partial charge in [-0.1, -0.05) is 6.07 Å². The second-order valence-corrected chi connectivity index (χ2v) is 7.80. The van der Waals surface area contributed by atoms with E-state index in [1.165, 1.54) is 6.07 Å². The fourth-order valence-corrected chi connectivity index (χ4v) is 4.42. The molecule has 0 spiro atoms. The Labute approximate surface area is 114 Å². The summed E-state index contributed by atoms with van der Waals surface area (Å²) in [6.45, 7) is 0.255. The van der Waals surface area contributed by atoms with Gasteiger partial charge in [0.1, 0.15) is 4.21 Å². The van der Waals surface area contributed by atoms with Crippen molar-refractivity contribution in [2.75, 3.05) is 6.54 Å². The van der Waals surface area contributed by atoms with Crippen LogP contribution >= 0.6 is 22.7 Å². The van der Waals surface area contributed by atoms with Crippen LogP contribution in [0.1, 0.15) is 9.75 Å². The van der Waals surface area contributed by atoms with Crippen molar-refractivity contribution in [3.63, 3.8) is 0 Å². The molecule has 18 heavy (non-hydrogen) atoms. The second kappa shape index (κ2) is 5.94. The van der Waals surface area contributed by atoms with Crippen LogP contribution in [0.2, 0.25) is 0 Å². The normalized spacial score (nSPS) is 11.8. The topological polar surface area (TPSA) is 66.4 Å². The van der Waals surface area contributed by atoms with Gasteiger partial charge in [0.25, 0.3) is 0 Å². The smallest absolute Gasteiger partial charge is 0.250 e. The van der Waals surface area contributed by atoms with Gasteiger partial charge in [-0.05, 0) is 30.0 Å². The van der Waals surface area contributed by atoms with E-state index >= 15 is 0 Å². The molecule has 0 saturated heterocycles. The molecule has 2 rings (SSSR count). The Bertz CT molecular complexity index is 587. The SMILES string of the molecule is O=S(=O)(NCCc1cccs1)c1ccc(CO)s1. The first kappa shape index (κ1) is 13.7. The standard InChI is InChI=1S/C11H13NO3S3/c13-8-10-3-4-11(17-10)18(14,15)12-6-5-9-2-1-7-16-9/h1-4,7,12-13H,5-6,8H2. The first-order chi connectivity index (χ1) is 8.62. The van der Waals surface area contributed by atoms with E-state index in [2.05, 4.69) is 4.72 Å². The van der Waals surface area contributed by atoms with Gasteiger partial charge in [-0.3, -0.25) is 0 Å². The van der Waals surface area contributed by atoms with Crippen LogP contribution < -0.4 is 4.72 Å². The van der Waals surface area contributed by atoms with E-state index in [1.54, 1.807) is 17.4 Å². The lowest BCUT2D eigenvalue weighted by Gasteiger charge is -2.03. The molecule has 2 aromatic rings. The third-order valence-electron chi connectivity index (χ3n) is 2.30. The molecular weight excluding hydrogens is 290 g/mol. The maximum Gasteiger partial charge on any atom is 0.250 e. The summed E-state index contributed by atoms with van der Waals surface area (Å²) in [4.78, 5) is 1.80. The zero-order valence-corrected chi connectivity index (χ0v) is 11.9. The van der Waals surface area contributed by atoms with Crippen LogP contribution in [0.15, 0.2) is 33.9 Å². The summed E-state index contributed by atoms with van der Waals surface area (Å²) in [6, 6.07) is 7.07. The fraction of sp³-hybridized carbons (Fsp3) is 0.273. The van der Waals surface area contributed by atoms with Crippen LogP contribution in [0.5, 0.6) is 0 Å². The van der Waals surface area contributed by atoms with E-state index in [-0.39, 0.29) is 10.8 Å². The Kier molecular flexibility index (Phi) is 4.52. The van der Waals surface area contributed by atoms with E-state index in [0.717, 1.165) is 16.2 Å². The fourth-order valence-electron chi connectivity index (χ4n) is 1.42. The highest BCUT2D eigenvalue weighted by Crippen LogP contribution is 2.21. The Balaban J connectivity index is 1.95. The van der Waals surface area contributed by atoms with Gasteiger partial charge >= 0.3 is 0 Å². The molecule has 0 unspecified atom stereocenters. The van der Waals surface area contributed by atoms with Gasteiger partial charge < -0.3 is 5.11 Å². The van der Waals surface area contributed by atoms with Gasteiger partial charge in [0, 0.05) is 16.3 Å². The minimum atomic E-state index is -3.44. The average molecular weight is 303 g/mol. The van der Waals surface area contributed by atoms with Gasteiger partial charge in [0.2, 0.25) is 10.0 Å². The van der Waals surface area contributed by atoms with Crippen molar-refractivity contribution in [1.29, 1.82) is 0 Å². The van der Waals surface area contributed by atoms with Gasteiger partial charge in [-0.25, -0.2) is 13.1 Å².